The molecule has 0 saturated carbocycles. The molecule has 0 radical (unpaired) electrons. The summed E-state index contributed by atoms with van der Waals surface area (Å²) in [5, 5.41) is 14.1. The van der Waals surface area contributed by atoms with Gasteiger partial charge in [-0.3, -0.25) is 0 Å². The fraction of sp³-hybridized carbons (Fsp3) is 0.846. The molecule has 0 bridgehead atoms. The van der Waals surface area contributed by atoms with Crippen LogP contribution in [0, 0.1) is 12.8 Å². The molecule has 102 valence electrons. The van der Waals surface area contributed by atoms with Gasteiger partial charge in [0, 0.05) is 18.6 Å². The molecule has 0 unspecified atom stereocenters. The minimum atomic E-state index is 0.230. The monoisotopic (exact) mass is 268 g/mol. The van der Waals surface area contributed by atoms with Crippen LogP contribution in [0.5, 0.6) is 0 Å². The summed E-state index contributed by atoms with van der Waals surface area (Å²) in [5.74, 6) is 0.800. The van der Waals surface area contributed by atoms with Crippen LogP contribution in [0.3, 0.4) is 0 Å². The number of rotatable bonds is 3. The second-order valence-electron chi connectivity index (χ2n) is 6.16. The topological polar surface area (TPSA) is 41.1 Å². The van der Waals surface area contributed by atoms with E-state index in [4.69, 9.17) is 0 Å². The lowest BCUT2D eigenvalue weighted by molar-refractivity contribution is 0.329. The van der Waals surface area contributed by atoms with Crippen molar-refractivity contribution in [2.45, 2.75) is 46.1 Å². The Hall–Kier alpha value is -0.680. The number of aromatic nitrogens is 2. The Bertz CT molecular complexity index is 375. The third-order valence-electron chi connectivity index (χ3n) is 3.32. The van der Waals surface area contributed by atoms with E-state index in [9.17, 15) is 0 Å². The average molecular weight is 268 g/mol. The summed E-state index contributed by atoms with van der Waals surface area (Å²) in [7, 11) is 0. The van der Waals surface area contributed by atoms with Crippen LogP contribution in [0.25, 0.3) is 0 Å². The van der Waals surface area contributed by atoms with E-state index in [2.05, 4.69) is 41.2 Å². The summed E-state index contributed by atoms with van der Waals surface area (Å²) in [6, 6.07) is 0. The van der Waals surface area contributed by atoms with Gasteiger partial charge in [-0.05, 0) is 53.0 Å². The molecule has 0 amide bonds. The van der Waals surface area contributed by atoms with Gasteiger partial charge in [0.15, 0.2) is 0 Å². The highest BCUT2D eigenvalue weighted by Crippen LogP contribution is 2.25. The molecule has 1 aromatic rings. The number of aryl methyl sites for hydroxylation is 1. The normalized spacial score (nSPS) is 18.3. The van der Waals surface area contributed by atoms with Crippen LogP contribution in [-0.4, -0.2) is 35.4 Å². The molecular weight excluding hydrogens is 244 g/mol. The maximum atomic E-state index is 4.23. The molecule has 0 spiro atoms. The van der Waals surface area contributed by atoms with Gasteiger partial charge in [-0.1, -0.05) is 11.3 Å². The van der Waals surface area contributed by atoms with Crippen molar-refractivity contribution in [2.24, 2.45) is 5.92 Å². The molecule has 0 aromatic carbocycles. The molecule has 1 fully saturated rings. The van der Waals surface area contributed by atoms with E-state index in [1.165, 1.54) is 12.8 Å². The average Bonchev–Trinajstić information content (AvgIpc) is 2.73. The summed E-state index contributed by atoms with van der Waals surface area (Å²) in [6.45, 7) is 12.1. The molecule has 1 aliphatic rings. The molecule has 1 aromatic heterocycles. The highest BCUT2D eigenvalue weighted by atomic mass is 32.1. The minimum Gasteiger partial charge on any atom is -0.347 e. The molecular formula is C13H24N4S. The molecule has 18 heavy (non-hydrogen) atoms. The lowest BCUT2D eigenvalue weighted by Gasteiger charge is -2.33. The maximum absolute atomic E-state index is 4.23. The Kier molecular flexibility index (Phi) is 4.22. The Morgan fingerprint density at radius 2 is 1.94 bits per heavy atom. The standard InChI is InChI=1S/C13H24N4S/c1-10-15-16-12(18-10)17-7-5-11(6-8-17)9-14-13(2,3)4/h11,14H,5-9H2,1-4H3. The van der Waals surface area contributed by atoms with Gasteiger partial charge >= 0.3 is 0 Å². The van der Waals surface area contributed by atoms with Crippen LogP contribution < -0.4 is 10.2 Å². The lowest BCUT2D eigenvalue weighted by Crippen LogP contribution is -2.43. The van der Waals surface area contributed by atoms with Crippen molar-refractivity contribution in [3.05, 3.63) is 5.01 Å². The zero-order valence-electron chi connectivity index (χ0n) is 11.9. The Morgan fingerprint density at radius 3 is 2.44 bits per heavy atom. The van der Waals surface area contributed by atoms with Gasteiger partial charge in [0.2, 0.25) is 5.13 Å². The summed E-state index contributed by atoms with van der Waals surface area (Å²) in [6.07, 6.45) is 2.50. The van der Waals surface area contributed by atoms with Crippen molar-refractivity contribution in [1.29, 1.82) is 0 Å². The third-order valence-corrected chi connectivity index (χ3v) is 4.22. The molecule has 1 saturated heterocycles. The van der Waals surface area contributed by atoms with E-state index in [0.29, 0.717) is 0 Å². The van der Waals surface area contributed by atoms with Crippen molar-refractivity contribution in [2.75, 3.05) is 24.5 Å². The summed E-state index contributed by atoms with van der Waals surface area (Å²) in [5.41, 5.74) is 0.230. The Labute approximate surface area is 114 Å². The van der Waals surface area contributed by atoms with Crippen LogP contribution in [0.1, 0.15) is 38.6 Å². The van der Waals surface area contributed by atoms with Gasteiger partial charge in [0.1, 0.15) is 5.01 Å². The van der Waals surface area contributed by atoms with Crippen LogP contribution in [0.15, 0.2) is 0 Å². The van der Waals surface area contributed by atoms with Gasteiger partial charge in [-0.15, -0.1) is 10.2 Å². The first kappa shape index (κ1) is 13.7. The van der Waals surface area contributed by atoms with E-state index >= 15 is 0 Å². The molecule has 0 aliphatic carbocycles. The van der Waals surface area contributed by atoms with Gasteiger partial charge in [0.25, 0.3) is 0 Å². The van der Waals surface area contributed by atoms with Crippen LogP contribution in [0.4, 0.5) is 5.13 Å². The molecule has 0 atom stereocenters. The van der Waals surface area contributed by atoms with Crippen LogP contribution in [0.2, 0.25) is 0 Å². The third kappa shape index (κ3) is 3.92. The van der Waals surface area contributed by atoms with E-state index in [-0.39, 0.29) is 5.54 Å². The highest BCUT2D eigenvalue weighted by Gasteiger charge is 2.22. The predicted molar refractivity (Wildman–Crippen MR) is 77.3 cm³/mol. The van der Waals surface area contributed by atoms with E-state index in [1.807, 2.05) is 6.92 Å². The number of nitrogens with one attached hydrogen (secondary N) is 1. The molecule has 5 heteroatoms. The van der Waals surface area contributed by atoms with Crippen molar-refractivity contribution in [3.63, 3.8) is 0 Å². The smallest absolute Gasteiger partial charge is 0.208 e. The molecule has 2 heterocycles. The summed E-state index contributed by atoms with van der Waals surface area (Å²) in [4.78, 5) is 2.37. The second-order valence-corrected chi connectivity index (χ2v) is 7.33. The number of anilines is 1. The van der Waals surface area contributed by atoms with Gasteiger partial charge < -0.3 is 10.2 Å². The van der Waals surface area contributed by atoms with E-state index in [1.54, 1.807) is 11.3 Å². The Balaban J connectivity index is 1.78. The van der Waals surface area contributed by atoms with Gasteiger partial charge in [0.05, 0.1) is 0 Å². The molecule has 2 rings (SSSR count). The molecule has 4 nitrogen and oxygen atoms in total. The number of hydrogen-bond donors (Lipinski definition) is 1. The predicted octanol–water partition coefficient (Wildman–Crippen LogP) is 2.45. The number of piperidine rings is 1. The number of nitrogens with zero attached hydrogens (tertiary/aromatic N) is 3. The van der Waals surface area contributed by atoms with E-state index < -0.39 is 0 Å². The summed E-state index contributed by atoms with van der Waals surface area (Å²) >= 11 is 1.70. The SMILES string of the molecule is Cc1nnc(N2CCC(CNC(C)(C)C)CC2)s1. The molecule has 1 N–H and O–H groups in total. The van der Waals surface area contributed by atoms with Crippen molar-refractivity contribution in [3.8, 4) is 0 Å². The van der Waals surface area contributed by atoms with Crippen LogP contribution >= 0.6 is 11.3 Å². The van der Waals surface area contributed by atoms with Crippen molar-refractivity contribution < 1.29 is 0 Å². The zero-order valence-corrected chi connectivity index (χ0v) is 12.7. The first-order chi connectivity index (χ1) is 8.44. The molecule has 1 aliphatic heterocycles. The van der Waals surface area contributed by atoms with Crippen LogP contribution in [-0.2, 0) is 0 Å². The second kappa shape index (κ2) is 5.53. The lowest BCUT2D eigenvalue weighted by atomic mass is 9.96. The maximum Gasteiger partial charge on any atom is 0.208 e. The fourth-order valence-corrected chi connectivity index (χ4v) is 2.93. The van der Waals surface area contributed by atoms with Gasteiger partial charge in [-0.2, -0.15) is 0 Å². The highest BCUT2D eigenvalue weighted by molar-refractivity contribution is 7.15. The first-order valence-electron chi connectivity index (χ1n) is 6.74. The largest absolute Gasteiger partial charge is 0.347 e. The van der Waals surface area contributed by atoms with Crippen molar-refractivity contribution in [1.82, 2.24) is 15.5 Å². The number of hydrogen-bond acceptors (Lipinski definition) is 5. The van der Waals surface area contributed by atoms with E-state index in [0.717, 1.165) is 35.7 Å². The minimum absolute atomic E-state index is 0.230. The Morgan fingerprint density at radius 1 is 1.28 bits per heavy atom. The summed E-state index contributed by atoms with van der Waals surface area (Å²) < 4.78 is 0. The quantitative estimate of drug-likeness (QED) is 0.914. The fourth-order valence-electron chi connectivity index (χ4n) is 2.19. The van der Waals surface area contributed by atoms with Crippen molar-refractivity contribution >= 4 is 16.5 Å². The van der Waals surface area contributed by atoms with Gasteiger partial charge in [-0.25, -0.2) is 0 Å². The first-order valence-corrected chi connectivity index (χ1v) is 7.56. The zero-order chi connectivity index (χ0) is 13.2.